The van der Waals surface area contributed by atoms with Crippen molar-refractivity contribution in [3.05, 3.63) is 35.9 Å². The third-order valence-electron chi connectivity index (χ3n) is 3.41. The molecule has 0 saturated heterocycles. The van der Waals surface area contributed by atoms with Crippen LogP contribution in [0.2, 0.25) is 0 Å². The predicted octanol–water partition coefficient (Wildman–Crippen LogP) is 2.15. The molecule has 0 aromatic heterocycles. The van der Waals surface area contributed by atoms with Gasteiger partial charge in [-0.3, -0.25) is 4.79 Å². The topological polar surface area (TPSA) is 69.4 Å². The minimum Gasteiger partial charge on any atom is -0.443 e. The number of hydrogen-bond acceptors (Lipinski definition) is 3. The second-order valence-corrected chi connectivity index (χ2v) is 4.90. The van der Waals surface area contributed by atoms with E-state index in [9.17, 15) is 14.0 Å². The van der Waals surface area contributed by atoms with Crippen molar-refractivity contribution >= 4 is 11.9 Å². The molecule has 19 heavy (non-hydrogen) atoms. The first-order chi connectivity index (χ1) is 9.01. The monoisotopic (exact) mass is 265 g/mol. The minimum atomic E-state index is -1.59. The molecule has 2 atom stereocenters. The molecule has 2 rings (SSSR count). The number of alkyl halides is 1. The summed E-state index contributed by atoms with van der Waals surface area (Å²) in [6.07, 6.45) is -1.89. The average molecular weight is 265 g/mol. The standard InChI is InChI=1S/C14H16FNO3/c15-11-9-14(19-13(16)18,7-6-12(11)17)8-10-4-2-1-3-5-10/h1-5,11H,6-9H2,(H2,16,18)/t11-,14+/m0/s1. The van der Waals surface area contributed by atoms with Gasteiger partial charge in [-0.15, -0.1) is 0 Å². The van der Waals surface area contributed by atoms with Crippen molar-refractivity contribution in [1.29, 1.82) is 0 Å². The van der Waals surface area contributed by atoms with Crippen molar-refractivity contribution in [2.75, 3.05) is 0 Å². The number of nitrogens with two attached hydrogens (primary N) is 1. The van der Waals surface area contributed by atoms with Crippen molar-refractivity contribution in [2.24, 2.45) is 5.73 Å². The molecule has 0 radical (unpaired) electrons. The summed E-state index contributed by atoms with van der Waals surface area (Å²) in [5.74, 6) is -0.434. The van der Waals surface area contributed by atoms with Gasteiger partial charge in [-0.25, -0.2) is 9.18 Å². The van der Waals surface area contributed by atoms with Gasteiger partial charge in [-0.05, 0) is 12.0 Å². The van der Waals surface area contributed by atoms with Crippen LogP contribution in [0.25, 0.3) is 0 Å². The Labute approximate surface area is 110 Å². The van der Waals surface area contributed by atoms with Crippen LogP contribution in [-0.4, -0.2) is 23.6 Å². The maximum Gasteiger partial charge on any atom is 0.405 e. The van der Waals surface area contributed by atoms with Crippen LogP contribution in [0.15, 0.2) is 30.3 Å². The molecule has 4 nitrogen and oxygen atoms in total. The number of hydrogen-bond donors (Lipinski definition) is 1. The van der Waals surface area contributed by atoms with E-state index in [1.54, 1.807) is 0 Å². The van der Waals surface area contributed by atoms with E-state index in [2.05, 4.69) is 0 Å². The lowest BCUT2D eigenvalue weighted by Gasteiger charge is -2.37. The Morgan fingerprint density at radius 2 is 2.11 bits per heavy atom. The van der Waals surface area contributed by atoms with Crippen molar-refractivity contribution in [2.45, 2.75) is 37.5 Å². The van der Waals surface area contributed by atoms with Gasteiger partial charge in [0, 0.05) is 19.3 Å². The number of carbonyl (C=O) groups excluding carboxylic acids is 2. The highest BCUT2D eigenvalue weighted by Crippen LogP contribution is 2.34. The molecule has 1 aromatic rings. The van der Waals surface area contributed by atoms with E-state index in [0.717, 1.165) is 5.56 Å². The van der Waals surface area contributed by atoms with Crippen molar-refractivity contribution in [1.82, 2.24) is 0 Å². The summed E-state index contributed by atoms with van der Waals surface area (Å²) in [5.41, 5.74) is 4.98. The second-order valence-electron chi connectivity index (χ2n) is 4.90. The number of primary amides is 1. The summed E-state index contributed by atoms with van der Waals surface area (Å²) in [4.78, 5) is 22.3. The fourth-order valence-electron chi connectivity index (χ4n) is 2.52. The summed E-state index contributed by atoms with van der Waals surface area (Å²) in [7, 11) is 0. The quantitative estimate of drug-likeness (QED) is 0.910. The van der Waals surface area contributed by atoms with Gasteiger partial charge in [-0.2, -0.15) is 0 Å². The van der Waals surface area contributed by atoms with E-state index >= 15 is 0 Å². The van der Waals surface area contributed by atoms with Gasteiger partial charge < -0.3 is 10.5 Å². The molecule has 0 spiro atoms. The fraction of sp³-hybridized carbons (Fsp3) is 0.429. The molecular weight excluding hydrogens is 249 g/mol. The molecule has 0 unspecified atom stereocenters. The van der Waals surface area contributed by atoms with Gasteiger partial charge in [0.25, 0.3) is 0 Å². The van der Waals surface area contributed by atoms with Crippen molar-refractivity contribution in [3.8, 4) is 0 Å². The van der Waals surface area contributed by atoms with Crippen LogP contribution in [0.4, 0.5) is 9.18 Å². The molecule has 1 amide bonds. The summed E-state index contributed by atoms with van der Waals surface area (Å²) in [5, 5.41) is 0. The third-order valence-corrected chi connectivity index (χ3v) is 3.41. The summed E-state index contributed by atoms with van der Waals surface area (Å²) in [6, 6.07) is 9.32. The Balaban J connectivity index is 2.20. The second kappa shape index (κ2) is 5.38. The van der Waals surface area contributed by atoms with Crippen LogP contribution >= 0.6 is 0 Å². The Bertz CT molecular complexity index is 477. The normalized spacial score (nSPS) is 27.0. The highest BCUT2D eigenvalue weighted by molar-refractivity contribution is 5.84. The number of ether oxygens (including phenoxy) is 1. The van der Waals surface area contributed by atoms with Crippen LogP contribution in [-0.2, 0) is 16.0 Å². The van der Waals surface area contributed by atoms with Gasteiger partial charge in [0.15, 0.2) is 12.0 Å². The van der Waals surface area contributed by atoms with E-state index in [0.29, 0.717) is 12.8 Å². The maximum absolute atomic E-state index is 13.6. The van der Waals surface area contributed by atoms with E-state index in [1.165, 1.54) is 0 Å². The lowest BCUT2D eigenvalue weighted by atomic mass is 9.79. The Kier molecular flexibility index (Phi) is 3.83. The van der Waals surface area contributed by atoms with E-state index < -0.39 is 23.6 Å². The minimum absolute atomic E-state index is 0.0707. The van der Waals surface area contributed by atoms with Crippen LogP contribution in [0.3, 0.4) is 0 Å². The Hall–Kier alpha value is -1.91. The number of Topliss-reactive ketones (excluding diaryl/α,β-unsaturated/α-hetero) is 1. The molecule has 5 heteroatoms. The number of amides is 1. The van der Waals surface area contributed by atoms with Crippen LogP contribution in [0.1, 0.15) is 24.8 Å². The number of carbonyl (C=O) groups is 2. The molecule has 1 saturated carbocycles. The Morgan fingerprint density at radius 1 is 1.42 bits per heavy atom. The van der Waals surface area contributed by atoms with Crippen LogP contribution in [0, 0.1) is 0 Å². The van der Waals surface area contributed by atoms with E-state index in [4.69, 9.17) is 10.5 Å². The van der Waals surface area contributed by atoms with Crippen molar-refractivity contribution in [3.63, 3.8) is 0 Å². The molecule has 1 aromatic carbocycles. The first kappa shape index (κ1) is 13.5. The SMILES string of the molecule is NC(=O)O[C@@]1(Cc2ccccc2)CCC(=O)[C@@H](F)C1. The van der Waals surface area contributed by atoms with E-state index in [1.807, 2.05) is 30.3 Å². The molecule has 2 N–H and O–H groups in total. The average Bonchev–Trinajstić information content (AvgIpc) is 2.35. The molecule has 1 fully saturated rings. The zero-order valence-electron chi connectivity index (χ0n) is 10.5. The lowest BCUT2D eigenvalue weighted by molar-refractivity contribution is -0.133. The molecule has 0 aliphatic heterocycles. The number of rotatable bonds is 3. The highest BCUT2D eigenvalue weighted by atomic mass is 19.1. The molecule has 1 aliphatic rings. The summed E-state index contributed by atoms with van der Waals surface area (Å²) in [6.45, 7) is 0. The first-order valence-corrected chi connectivity index (χ1v) is 6.20. The number of halogens is 1. The molecule has 102 valence electrons. The van der Waals surface area contributed by atoms with Gasteiger partial charge in [0.2, 0.25) is 0 Å². The van der Waals surface area contributed by atoms with Gasteiger partial charge in [0.05, 0.1) is 0 Å². The first-order valence-electron chi connectivity index (χ1n) is 6.20. The smallest absolute Gasteiger partial charge is 0.405 e. The fourth-order valence-corrected chi connectivity index (χ4v) is 2.52. The highest BCUT2D eigenvalue weighted by Gasteiger charge is 2.43. The molecule has 1 aliphatic carbocycles. The zero-order valence-corrected chi connectivity index (χ0v) is 10.5. The lowest BCUT2D eigenvalue weighted by Crippen LogP contribution is -2.46. The van der Waals surface area contributed by atoms with Crippen LogP contribution in [0.5, 0.6) is 0 Å². The molecule has 0 bridgehead atoms. The Morgan fingerprint density at radius 3 is 2.68 bits per heavy atom. The zero-order chi connectivity index (χ0) is 13.9. The number of benzene rings is 1. The number of ketones is 1. The van der Waals surface area contributed by atoms with Crippen molar-refractivity contribution < 1.29 is 18.7 Å². The van der Waals surface area contributed by atoms with E-state index in [-0.39, 0.29) is 12.8 Å². The third kappa shape index (κ3) is 3.30. The summed E-state index contributed by atoms with van der Waals surface area (Å²) < 4.78 is 18.8. The maximum atomic E-state index is 13.6. The molecular formula is C14H16FNO3. The summed E-state index contributed by atoms with van der Waals surface area (Å²) >= 11 is 0. The van der Waals surface area contributed by atoms with Crippen LogP contribution < -0.4 is 5.73 Å². The van der Waals surface area contributed by atoms with Gasteiger partial charge in [-0.1, -0.05) is 30.3 Å². The largest absolute Gasteiger partial charge is 0.443 e. The predicted molar refractivity (Wildman–Crippen MR) is 67.3 cm³/mol. The molecule has 0 heterocycles. The van der Waals surface area contributed by atoms with Gasteiger partial charge >= 0.3 is 6.09 Å². The van der Waals surface area contributed by atoms with Gasteiger partial charge in [0.1, 0.15) is 5.60 Å².